The van der Waals surface area contributed by atoms with E-state index in [-0.39, 0.29) is 0 Å². The predicted octanol–water partition coefficient (Wildman–Crippen LogP) is 2.38. The van der Waals surface area contributed by atoms with Crippen molar-refractivity contribution in [2.24, 2.45) is 0 Å². The van der Waals surface area contributed by atoms with Crippen LogP contribution in [-0.2, 0) is 0 Å². The monoisotopic (exact) mass is 158 g/mol. The molecule has 0 bridgehead atoms. The molecule has 0 aliphatic rings. The Balaban J connectivity index is 2.65. The highest BCUT2D eigenvalue weighted by atomic mass is 32.2. The second kappa shape index (κ2) is 3.22. The molecule has 0 saturated heterocycles. The van der Waals surface area contributed by atoms with Gasteiger partial charge in [0.2, 0.25) is 0 Å². The Morgan fingerprint density at radius 3 is 3.11 bits per heavy atom. The lowest BCUT2D eigenvalue weighted by Gasteiger charge is -2.00. The van der Waals surface area contributed by atoms with Gasteiger partial charge in [0, 0.05) is 11.6 Å². The summed E-state index contributed by atoms with van der Waals surface area (Å²) in [6.45, 7) is 3.91. The highest BCUT2D eigenvalue weighted by Crippen LogP contribution is 2.25. The van der Waals surface area contributed by atoms with Gasteiger partial charge in [-0.25, -0.2) is 4.98 Å². The zero-order valence-corrected chi connectivity index (χ0v) is 6.84. The summed E-state index contributed by atoms with van der Waals surface area (Å²) in [5.41, 5.74) is 0. The molecule has 1 unspecified atom stereocenters. The summed E-state index contributed by atoms with van der Waals surface area (Å²) in [6.07, 6.45) is 3.85. The molecule has 1 aromatic heterocycles. The van der Waals surface area contributed by atoms with Crippen molar-refractivity contribution in [3.63, 3.8) is 0 Å². The quantitative estimate of drug-likeness (QED) is 0.655. The third kappa shape index (κ3) is 1.69. The molecule has 0 fully saturated rings. The van der Waals surface area contributed by atoms with E-state index in [1.54, 1.807) is 23.1 Å². The Labute approximate surface area is 63.5 Å². The number of thiazole rings is 1. The first-order valence-electron chi connectivity index (χ1n) is 2.60. The Bertz CT molecular complexity index is 160. The van der Waals surface area contributed by atoms with Crippen molar-refractivity contribution in [3.05, 3.63) is 23.5 Å². The van der Waals surface area contributed by atoms with Gasteiger partial charge in [0.15, 0.2) is 0 Å². The average molecular weight is 158 g/mol. The minimum atomic E-state index is 0.310. The van der Waals surface area contributed by atoms with E-state index < -0.39 is 0 Å². The summed E-state index contributed by atoms with van der Waals surface area (Å²) in [4.78, 5) is 4.12. The van der Waals surface area contributed by atoms with Crippen molar-refractivity contribution in [3.8, 4) is 0 Å². The van der Waals surface area contributed by atoms with Gasteiger partial charge in [-0.2, -0.15) is 11.8 Å². The Morgan fingerprint density at radius 2 is 2.67 bits per heavy atom. The standard InChI is InChI=1S/C6H8NS2/c1-5(8-2)6-7-3-4-9-6/h3-5H,1H2,2H3. The summed E-state index contributed by atoms with van der Waals surface area (Å²) < 4.78 is 0. The van der Waals surface area contributed by atoms with Crippen LogP contribution in [-0.4, -0.2) is 11.2 Å². The topological polar surface area (TPSA) is 12.9 Å². The van der Waals surface area contributed by atoms with E-state index in [9.17, 15) is 0 Å². The van der Waals surface area contributed by atoms with E-state index in [4.69, 9.17) is 0 Å². The molecule has 0 aromatic carbocycles. The summed E-state index contributed by atoms with van der Waals surface area (Å²) in [5, 5.41) is 3.40. The molecule has 3 heteroatoms. The third-order valence-electron chi connectivity index (χ3n) is 1.01. The molecule has 0 spiro atoms. The average Bonchev–Trinajstić information content (AvgIpc) is 2.37. The van der Waals surface area contributed by atoms with Crippen LogP contribution in [0.4, 0.5) is 0 Å². The van der Waals surface area contributed by atoms with E-state index in [0.717, 1.165) is 5.01 Å². The molecule has 1 nitrogen and oxygen atoms in total. The van der Waals surface area contributed by atoms with Crippen LogP contribution in [0.15, 0.2) is 11.6 Å². The second-order valence-electron chi connectivity index (χ2n) is 1.59. The van der Waals surface area contributed by atoms with Crippen molar-refractivity contribution < 1.29 is 0 Å². The minimum absolute atomic E-state index is 0.310. The lowest BCUT2D eigenvalue weighted by atomic mass is 10.5. The first-order valence-corrected chi connectivity index (χ1v) is 4.76. The van der Waals surface area contributed by atoms with E-state index in [0.29, 0.717) is 5.25 Å². The maximum Gasteiger partial charge on any atom is 0.105 e. The predicted molar refractivity (Wildman–Crippen MR) is 43.7 cm³/mol. The lowest BCUT2D eigenvalue weighted by molar-refractivity contribution is 1.16. The molecule has 49 valence electrons. The number of hydrogen-bond acceptors (Lipinski definition) is 3. The summed E-state index contributed by atoms with van der Waals surface area (Å²) in [6, 6.07) is 0. The van der Waals surface area contributed by atoms with Gasteiger partial charge < -0.3 is 0 Å². The fraction of sp³-hybridized carbons (Fsp3) is 0.333. The Kier molecular flexibility index (Phi) is 2.54. The van der Waals surface area contributed by atoms with Gasteiger partial charge in [-0.05, 0) is 13.2 Å². The molecule has 0 aliphatic carbocycles. The van der Waals surface area contributed by atoms with Gasteiger partial charge in [-0.15, -0.1) is 11.3 Å². The summed E-state index contributed by atoms with van der Waals surface area (Å²) >= 11 is 3.38. The number of nitrogens with zero attached hydrogens (tertiary/aromatic N) is 1. The zero-order chi connectivity index (χ0) is 6.69. The number of rotatable bonds is 2. The molecule has 1 atom stereocenters. The maximum absolute atomic E-state index is 4.12. The van der Waals surface area contributed by atoms with Gasteiger partial charge in [0.25, 0.3) is 0 Å². The molecule has 1 aromatic rings. The van der Waals surface area contributed by atoms with Crippen molar-refractivity contribution >= 4 is 23.1 Å². The molecular formula is C6H8NS2. The normalized spacial score (nSPS) is 13.6. The van der Waals surface area contributed by atoms with E-state index in [1.807, 2.05) is 17.8 Å². The van der Waals surface area contributed by atoms with Crippen molar-refractivity contribution in [2.75, 3.05) is 6.26 Å². The van der Waals surface area contributed by atoms with Gasteiger partial charge in [-0.1, -0.05) is 0 Å². The number of hydrogen-bond donors (Lipinski definition) is 0. The van der Waals surface area contributed by atoms with E-state index in [1.165, 1.54) is 0 Å². The molecule has 1 rings (SSSR count). The van der Waals surface area contributed by atoms with Crippen LogP contribution in [0.5, 0.6) is 0 Å². The first kappa shape index (κ1) is 7.09. The first-order chi connectivity index (χ1) is 4.34. The van der Waals surface area contributed by atoms with Crippen LogP contribution < -0.4 is 0 Å². The molecule has 0 aliphatic heterocycles. The van der Waals surface area contributed by atoms with Crippen molar-refractivity contribution in [1.82, 2.24) is 4.98 Å². The van der Waals surface area contributed by atoms with Gasteiger partial charge >= 0.3 is 0 Å². The number of aromatic nitrogens is 1. The fourth-order valence-corrected chi connectivity index (χ4v) is 1.75. The van der Waals surface area contributed by atoms with Gasteiger partial charge in [-0.3, -0.25) is 0 Å². The van der Waals surface area contributed by atoms with Gasteiger partial charge in [0.05, 0.1) is 5.25 Å². The van der Waals surface area contributed by atoms with E-state index in [2.05, 4.69) is 11.9 Å². The van der Waals surface area contributed by atoms with Crippen LogP contribution >= 0.6 is 23.1 Å². The van der Waals surface area contributed by atoms with E-state index >= 15 is 0 Å². The fourth-order valence-electron chi connectivity index (χ4n) is 0.494. The maximum atomic E-state index is 4.12. The Hall–Kier alpha value is -0.0200. The SMILES string of the molecule is [CH2]C(SC)c1nccs1. The highest BCUT2D eigenvalue weighted by molar-refractivity contribution is 7.99. The van der Waals surface area contributed by atoms with Crippen LogP contribution in [0.3, 0.4) is 0 Å². The van der Waals surface area contributed by atoms with Crippen molar-refractivity contribution in [1.29, 1.82) is 0 Å². The van der Waals surface area contributed by atoms with Crippen LogP contribution in [0, 0.1) is 6.92 Å². The molecule has 1 radical (unpaired) electrons. The largest absolute Gasteiger partial charge is 0.249 e. The third-order valence-corrected chi connectivity index (χ3v) is 2.84. The molecule has 0 saturated carbocycles. The summed E-state index contributed by atoms with van der Waals surface area (Å²) in [7, 11) is 0. The van der Waals surface area contributed by atoms with Crippen LogP contribution in [0.2, 0.25) is 0 Å². The summed E-state index contributed by atoms with van der Waals surface area (Å²) in [5.74, 6) is 0. The van der Waals surface area contributed by atoms with Crippen LogP contribution in [0.1, 0.15) is 10.3 Å². The molecule has 1 heterocycles. The van der Waals surface area contributed by atoms with Gasteiger partial charge in [0.1, 0.15) is 5.01 Å². The second-order valence-corrected chi connectivity index (χ2v) is 3.56. The highest BCUT2D eigenvalue weighted by Gasteiger charge is 2.03. The number of thioether (sulfide) groups is 1. The Morgan fingerprint density at radius 1 is 1.89 bits per heavy atom. The lowest BCUT2D eigenvalue weighted by Crippen LogP contribution is -1.83. The molecular weight excluding hydrogens is 150 g/mol. The molecule has 0 amide bonds. The minimum Gasteiger partial charge on any atom is -0.249 e. The molecule has 0 N–H and O–H groups in total. The van der Waals surface area contributed by atoms with Crippen molar-refractivity contribution in [2.45, 2.75) is 5.25 Å². The smallest absolute Gasteiger partial charge is 0.105 e. The molecule has 9 heavy (non-hydrogen) atoms. The zero-order valence-electron chi connectivity index (χ0n) is 5.20. The van der Waals surface area contributed by atoms with Crippen LogP contribution in [0.25, 0.3) is 0 Å².